The molecule has 0 aliphatic carbocycles. The van der Waals surface area contributed by atoms with Crippen LogP contribution in [0.3, 0.4) is 0 Å². The van der Waals surface area contributed by atoms with Gasteiger partial charge in [0.1, 0.15) is 0 Å². The van der Waals surface area contributed by atoms with Crippen molar-refractivity contribution in [2.75, 3.05) is 33.9 Å². The lowest BCUT2D eigenvalue weighted by Crippen LogP contribution is -2.39. The normalized spacial score (nSPS) is 20.6. The Hall–Kier alpha value is -0.120. The van der Waals surface area contributed by atoms with E-state index < -0.39 is 0 Å². The quantitative estimate of drug-likeness (QED) is 0.632. The average molecular weight is 201 g/mol. The molecule has 0 radical (unpaired) electrons. The second kappa shape index (κ2) is 6.38. The van der Waals surface area contributed by atoms with Gasteiger partial charge in [0.2, 0.25) is 0 Å². The molecule has 0 spiro atoms. The van der Waals surface area contributed by atoms with Gasteiger partial charge in [0.05, 0.1) is 0 Å². The Labute approximate surface area is 87.4 Å². The lowest BCUT2D eigenvalue weighted by atomic mass is 9.94. The number of likely N-dealkylation sites (tertiary alicyclic amines) is 1. The molecule has 3 heteroatoms. The van der Waals surface area contributed by atoms with Gasteiger partial charge in [0.15, 0.2) is 6.29 Å². The van der Waals surface area contributed by atoms with E-state index in [1.54, 1.807) is 14.2 Å². The van der Waals surface area contributed by atoms with Crippen molar-refractivity contribution in [2.24, 2.45) is 5.92 Å². The van der Waals surface area contributed by atoms with Gasteiger partial charge in [-0.2, -0.15) is 0 Å². The van der Waals surface area contributed by atoms with Crippen molar-refractivity contribution in [2.45, 2.75) is 32.5 Å². The summed E-state index contributed by atoms with van der Waals surface area (Å²) in [5, 5.41) is 0. The molecule has 0 atom stereocenters. The van der Waals surface area contributed by atoms with Crippen LogP contribution in [-0.2, 0) is 9.47 Å². The van der Waals surface area contributed by atoms with Crippen LogP contribution in [0.5, 0.6) is 0 Å². The van der Waals surface area contributed by atoms with Crippen molar-refractivity contribution in [3.05, 3.63) is 0 Å². The number of methoxy groups -OCH3 is 2. The molecule has 1 heterocycles. The van der Waals surface area contributed by atoms with E-state index in [2.05, 4.69) is 11.8 Å². The molecule has 0 aromatic carbocycles. The predicted octanol–water partition coefficient (Wildman–Crippen LogP) is 1.73. The molecule has 84 valence electrons. The molecule has 1 aliphatic rings. The highest BCUT2D eigenvalue weighted by Gasteiger charge is 2.20. The molecule has 0 N–H and O–H groups in total. The monoisotopic (exact) mass is 201 g/mol. The Kier molecular flexibility index (Phi) is 5.45. The minimum absolute atomic E-state index is 0.0619. The van der Waals surface area contributed by atoms with Crippen molar-refractivity contribution in [1.29, 1.82) is 0 Å². The van der Waals surface area contributed by atoms with Gasteiger partial charge in [-0.3, -0.25) is 4.90 Å². The highest BCUT2D eigenvalue weighted by atomic mass is 16.7. The van der Waals surface area contributed by atoms with Gasteiger partial charge in [-0.1, -0.05) is 13.3 Å². The summed E-state index contributed by atoms with van der Waals surface area (Å²) in [5.74, 6) is 0.940. The van der Waals surface area contributed by atoms with Gasteiger partial charge in [0.25, 0.3) is 0 Å². The largest absolute Gasteiger partial charge is 0.355 e. The summed E-state index contributed by atoms with van der Waals surface area (Å²) in [7, 11) is 3.40. The van der Waals surface area contributed by atoms with Crippen molar-refractivity contribution >= 4 is 0 Å². The maximum Gasteiger partial charge on any atom is 0.169 e. The smallest absolute Gasteiger partial charge is 0.169 e. The van der Waals surface area contributed by atoms with Gasteiger partial charge in [-0.25, -0.2) is 0 Å². The maximum atomic E-state index is 5.19. The minimum Gasteiger partial charge on any atom is -0.355 e. The second-order valence-corrected chi connectivity index (χ2v) is 4.05. The van der Waals surface area contributed by atoms with Crippen molar-refractivity contribution in [3.63, 3.8) is 0 Å². The van der Waals surface area contributed by atoms with Gasteiger partial charge in [0, 0.05) is 20.8 Å². The zero-order valence-electron chi connectivity index (χ0n) is 9.66. The molecule has 14 heavy (non-hydrogen) atoms. The van der Waals surface area contributed by atoms with Gasteiger partial charge >= 0.3 is 0 Å². The third kappa shape index (κ3) is 3.56. The second-order valence-electron chi connectivity index (χ2n) is 4.05. The molecular weight excluding hydrogens is 178 g/mol. The first-order valence-electron chi connectivity index (χ1n) is 5.58. The highest BCUT2D eigenvalue weighted by Crippen LogP contribution is 2.20. The summed E-state index contributed by atoms with van der Waals surface area (Å²) < 4.78 is 10.4. The molecule has 0 aromatic rings. The maximum absolute atomic E-state index is 5.19. The Balaban J connectivity index is 2.21. The van der Waals surface area contributed by atoms with E-state index in [0.717, 1.165) is 12.5 Å². The Morgan fingerprint density at radius 3 is 2.21 bits per heavy atom. The van der Waals surface area contributed by atoms with E-state index in [1.165, 1.54) is 32.4 Å². The summed E-state index contributed by atoms with van der Waals surface area (Å²) in [5.41, 5.74) is 0. The van der Waals surface area contributed by atoms with Crippen LogP contribution in [0.2, 0.25) is 0 Å². The number of piperidine rings is 1. The standard InChI is InChI=1S/C11H23NO2/c1-4-10-5-7-12(8-6-10)9-11(13-2)14-3/h10-11H,4-9H2,1-3H3. The summed E-state index contributed by atoms with van der Waals surface area (Å²) in [4.78, 5) is 2.43. The number of nitrogens with zero attached hydrogens (tertiary/aromatic N) is 1. The lowest BCUT2D eigenvalue weighted by Gasteiger charge is -2.33. The van der Waals surface area contributed by atoms with Gasteiger partial charge < -0.3 is 9.47 Å². The molecule has 0 unspecified atom stereocenters. The zero-order valence-corrected chi connectivity index (χ0v) is 9.66. The van der Waals surface area contributed by atoms with Crippen LogP contribution >= 0.6 is 0 Å². The molecule has 1 saturated heterocycles. The van der Waals surface area contributed by atoms with Crippen LogP contribution in [0, 0.1) is 5.92 Å². The first-order valence-corrected chi connectivity index (χ1v) is 5.58. The third-order valence-corrected chi connectivity index (χ3v) is 3.22. The highest BCUT2D eigenvalue weighted by molar-refractivity contribution is 4.71. The molecule has 0 saturated carbocycles. The van der Waals surface area contributed by atoms with Crippen LogP contribution in [0.25, 0.3) is 0 Å². The summed E-state index contributed by atoms with van der Waals surface area (Å²) >= 11 is 0. The topological polar surface area (TPSA) is 21.7 Å². The van der Waals surface area contributed by atoms with Gasteiger partial charge in [-0.05, 0) is 31.8 Å². The van der Waals surface area contributed by atoms with E-state index in [1.807, 2.05) is 0 Å². The summed E-state index contributed by atoms with van der Waals surface area (Å²) in [6.07, 6.45) is 3.92. The number of rotatable bonds is 5. The Morgan fingerprint density at radius 2 is 1.79 bits per heavy atom. The molecule has 1 aliphatic heterocycles. The first kappa shape index (κ1) is 12.0. The van der Waals surface area contributed by atoms with Crippen LogP contribution in [0.15, 0.2) is 0 Å². The molecule has 1 fully saturated rings. The van der Waals surface area contributed by atoms with E-state index in [0.29, 0.717) is 0 Å². The van der Waals surface area contributed by atoms with Crippen LogP contribution in [0.1, 0.15) is 26.2 Å². The molecular formula is C11H23NO2. The molecule has 0 bridgehead atoms. The average Bonchev–Trinajstić information content (AvgIpc) is 2.26. The zero-order chi connectivity index (χ0) is 10.4. The molecule has 0 amide bonds. The lowest BCUT2D eigenvalue weighted by molar-refractivity contribution is -0.118. The Morgan fingerprint density at radius 1 is 1.21 bits per heavy atom. The first-order chi connectivity index (χ1) is 6.80. The van der Waals surface area contributed by atoms with E-state index >= 15 is 0 Å². The van der Waals surface area contributed by atoms with Crippen molar-refractivity contribution in [1.82, 2.24) is 4.90 Å². The van der Waals surface area contributed by atoms with Crippen LogP contribution in [0.4, 0.5) is 0 Å². The minimum atomic E-state index is -0.0619. The van der Waals surface area contributed by atoms with E-state index in [9.17, 15) is 0 Å². The van der Waals surface area contributed by atoms with Crippen molar-refractivity contribution < 1.29 is 9.47 Å². The van der Waals surface area contributed by atoms with Gasteiger partial charge in [-0.15, -0.1) is 0 Å². The fourth-order valence-electron chi connectivity index (χ4n) is 2.03. The Bertz CT molecular complexity index is 140. The SMILES string of the molecule is CCC1CCN(CC(OC)OC)CC1. The molecule has 1 rings (SSSR count). The molecule has 3 nitrogen and oxygen atoms in total. The van der Waals surface area contributed by atoms with E-state index in [4.69, 9.17) is 9.47 Å². The van der Waals surface area contributed by atoms with Crippen molar-refractivity contribution in [3.8, 4) is 0 Å². The third-order valence-electron chi connectivity index (χ3n) is 3.22. The summed E-state index contributed by atoms with van der Waals surface area (Å²) in [6.45, 7) is 5.58. The van der Waals surface area contributed by atoms with Crippen LogP contribution in [-0.4, -0.2) is 45.0 Å². The van der Waals surface area contributed by atoms with E-state index in [-0.39, 0.29) is 6.29 Å². The number of ether oxygens (including phenoxy) is 2. The molecule has 0 aromatic heterocycles. The fraction of sp³-hybridized carbons (Fsp3) is 1.00. The predicted molar refractivity (Wildman–Crippen MR) is 57.3 cm³/mol. The van der Waals surface area contributed by atoms with Crippen LogP contribution < -0.4 is 0 Å². The summed E-state index contributed by atoms with van der Waals surface area (Å²) in [6, 6.07) is 0. The number of hydrogen-bond donors (Lipinski definition) is 0. The number of hydrogen-bond acceptors (Lipinski definition) is 3. The fourth-order valence-corrected chi connectivity index (χ4v) is 2.03.